The van der Waals surface area contributed by atoms with Crippen molar-refractivity contribution in [3.8, 4) is 0 Å². The number of hydrogen-bond acceptors (Lipinski definition) is 6. The minimum Gasteiger partial charge on any atom is -0.386 e. The fraction of sp³-hybridized carbons (Fsp3) is 0.250. The number of nitrogens with zero attached hydrogens (tertiary/aromatic N) is 2. The van der Waals surface area contributed by atoms with Crippen LogP contribution in [0.25, 0.3) is 0 Å². The SMILES string of the molecule is CNS(=O)(=O)c1ccc(Nc2ccc(C(F)(F)F)cn2)c(C2CC(Br)=NO2)c1. The molecule has 1 aromatic carbocycles. The molecule has 150 valence electrons. The van der Waals surface area contributed by atoms with Gasteiger partial charge >= 0.3 is 6.18 Å². The van der Waals surface area contributed by atoms with Crippen molar-refractivity contribution in [3.05, 3.63) is 47.7 Å². The largest absolute Gasteiger partial charge is 0.417 e. The molecule has 2 aromatic rings. The number of benzene rings is 1. The molecule has 3 rings (SSSR count). The number of aromatic nitrogens is 1. The van der Waals surface area contributed by atoms with Gasteiger partial charge in [-0.3, -0.25) is 0 Å². The predicted octanol–water partition coefficient (Wildman–Crippen LogP) is 3.92. The Morgan fingerprint density at radius 3 is 2.54 bits per heavy atom. The van der Waals surface area contributed by atoms with Gasteiger partial charge in [-0.05, 0) is 53.3 Å². The van der Waals surface area contributed by atoms with E-state index in [1.165, 1.54) is 31.3 Å². The van der Waals surface area contributed by atoms with Crippen molar-refractivity contribution in [1.82, 2.24) is 9.71 Å². The van der Waals surface area contributed by atoms with E-state index in [4.69, 9.17) is 4.84 Å². The van der Waals surface area contributed by atoms with Gasteiger partial charge in [0.15, 0.2) is 6.10 Å². The molecule has 12 heteroatoms. The molecule has 2 heterocycles. The van der Waals surface area contributed by atoms with E-state index in [9.17, 15) is 21.6 Å². The number of anilines is 2. The summed E-state index contributed by atoms with van der Waals surface area (Å²) >= 11 is 3.22. The summed E-state index contributed by atoms with van der Waals surface area (Å²) in [5.41, 5.74) is 0.0335. The number of pyridine rings is 1. The van der Waals surface area contributed by atoms with Crippen LogP contribution in [0, 0.1) is 0 Å². The van der Waals surface area contributed by atoms with Gasteiger partial charge in [-0.2, -0.15) is 13.2 Å². The molecule has 1 aliphatic heterocycles. The van der Waals surface area contributed by atoms with Gasteiger partial charge in [-0.1, -0.05) is 5.16 Å². The van der Waals surface area contributed by atoms with Crippen LogP contribution in [-0.4, -0.2) is 25.1 Å². The number of alkyl halides is 3. The minimum atomic E-state index is -4.48. The Bertz CT molecular complexity index is 1010. The second-order valence-electron chi connectivity index (χ2n) is 5.78. The zero-order chi connectivity index (χ0) is 20.5. The lowest BCUT2D eigenvalue weighted by atomic mass is 10.0. The van der Waals surface area contributed by atoms with Crippen LogP contribution < -0.4 is 10.0 Å². The fourth-order valence-corrected chi connectivity index (χ4v) is 3.64. The molecule has 1 aliphatic rings. The van der Waals surface area contributed by atoms with E-state index in [0.29, 0.717) is 28.5 Å². The van der Waals surface area contributed by atoms with E-state index < -0.39 is 27.9 Å². The van der Waals surface area contributed by atoms with E-state index in [1.54, 1.807) is 0 Å². The lowest BCUT2D eigenvalue weighted by Crippen LogP contribution is -2.19. The van der Waals surface area contributed by atoms with E-state index >= 15 is 0 Å². The summed E-state index contributed by atoms with van der Waals surface area (Å²) in [6, 6.07) is 6.37. The average molecular weight is 479 g/mol. The zero-order valence-electron chi connectivity index (χ0n) is 14.3. The molecule has 0 saturated heterocycles. The number of nitrogens with one attached hydrogen (secondary N) is 2. The third kappa shape index (κ3) is 4.45. The number of hydrogen-bond donors (Lipinski definition) is 2. The van der Waals surface area contributed by atoms with Crippen LogP contribution in [0.3, 0.4) is 0 Å². The monoisotopic (exact) mass is 478 g/mol. The van der Waals surface area contributed by atoms with Crippen LogP contribution in [0.2, 0.25) is 0 Å². The van der Waals surface area contributed by atoms with E-state index in [-0.39, 0.29) is 10.7 Å². The Morgan fingerprint density at radius 2 is 2.00 bits per heavy atom. The first kappa shape index (κ1) is 20.6. The molecule has 0 bridgehead atoms. The van der Waals surface area contributed by atoms with Gasteiger partial charge in [0.05, 0.1) is 10.5 Å². The molecule has 1 aromatic heterocycles. The summed E-state index contributed by atoms with van der Waals surface area (Å²) in [5, 5.41) is 6.69. The van der Waals surface area contributed by atoms with Gasteiger partial charge in [0.25, 0.3) is 0 Å². The summed E-state index contributed by atoms with van der Waals surface area (Å²) in [5.74, 6) is 0.163. The second kappa shape index (κ2) is 7.68. The van der Waals surface area contributed by atoms with Crippen molar-refractivity contribution >= 4 is 42.1 Å². The molecule has 28 heavy (non-hydrogen) atoms. The molecule has 0 amide bonds. The van der Waals surface area contributed by atoms with E-state index in [0.717, 1.165) is 6.07 Å². The second-order valence-corrected chi connectivity index (χ2v) is 8.58. The van der Waals surface area contributed by atoms with Crippen LogP contribution in [0.5, 0.6) is 0 Å². The number of halogens is 4. The Hall–Kier alpha value is -2.18. The third-order valence-electron chi connectivity index (χ3n) is 3.94. The van der Waals surface area contributed by atoms with Crippen LogP contribution in [-0.2, 0) is 21.0 Å². The highest BCUT2D eigenvalue weighted by atomic mass is 79.9. The summed E-state index contributed by atoms with van der Waals surface area (Å²) in [7, 11) is -2.41. The molecule has 1 atom stereocenters. The maximum Gasteiger partial charge on any atom is 0.417 e. The predicted molar refractivity (Wildman–Crippen MR) is 100 cm³/mol. The van der Waals surface area contributed by atoms with E-state index in [1.807, 2.05) is 0 Å². The Balaban J connectivity index is 1.95. The summed E-state index contributed by atoms with van der Waals surface area (Å²) in [6.07, 6.45) is -3.97. The van der Waals surface area contributed by atoms with Crippen LogP contribution in [0.4, 0.5) is 24.7 Å². The highest BCUT2D eigenvalue weighted by molar-refractivity contribution is 9.18. The number of oxime groups is 1. The van der Waals surface area contributed by atoms with Gasteiger partial charge in [-0.25, -0.2) is 18.1 Å². The minimum absolute atomic E-state index is 0.0163. The molecular formula is C16H14BrF3N4O3S. The van der Waals surface area contributed by atoms with Crippen molar-refractivity contribution in [2.75, 3.05) is 12.4 Å². The highest BCUT2D eigenvalue weighted by Crippen LogP contribution is 2.36. The Kier molecular flexibility index (Phi) is 5.64. The van der Waals surface area contributed by atoms with Crippen molar-refractivity contribution in [1.29, 1.82) is 0 Å². The summed E-state index contributed by atoms with van der Waals surface area (Å²) in [6.45, 7) is 0. The maximum absolute atomic E-state index is 12.7. The quantitative estimate of drug-likeness (QED) is 0.679. The topological polar surface area (TPSA) is 92.7 Å². The van der Waals surface area contributed by atoms with Crippen LogP contribution in [0.15, 0.2) is 46.6 Å². The van der Waals surface area contributed by atoms with Crippen LogP contribution >= 0.6 is 15.9 Å². The lowest BCUT2D eigenvalue weighted by Gasteiger charge is -2.17. The third-order valence-corrected chi connectivity index (χ3v) is 5.82. The summed E-state index contributed by atoms with van der Waals surface area (Å²) in [4.78, 5) is 9.10. The molecule has 2 N–H and O–H groups in total. The fourth-order valence-electron chi connectivity index (χ4n) is 2.49. The van der Waals surface area contributed by atoms with Crippen LogP contribution in [0.1, 0.15) is 23.7 Å². The Labute approximate surface area is 167 Å². The Morgan fingerprint density at radius 1 is 1.25 bits per heavy atom. The highest BCUT2D eigenvalue weighted by Gasteiger charge is 2.31. The van der Waals surface area contributed by atoms with Gasteiger partial charge in [0, 0.05) is 23.9 Å². The standard InChI is InChI=1S/C16H14BrF3N4O3S/c1-21-28(25,26)10-3-4-12(11(6-10)13-7-14(17)24-27-13)23-15-5-2-9(8-22-15)16(18,19)20/h2-6,8,13,21H,7H2,1H3,(H,22,23). The first-order chi connectivity index (χ1) is 13.1. The number of sulfonamides is 1. The zero-order valence-corrected chi connectivity index (χ0v) is 16.7. The molecule has 0 radical (unpaired) electrons. The molecule has 0 spiro atoms. The van der Waals surface area contributed by atoms with Crippen molar-refractivity contribution in [3.63, 3.8) is 0 Å². The smallest absolute Gasteiger partial charge is 0.386 e. The number of rotatable bonds is 5. The maximum atomic E-state index is 12.7. The molecule has 7 nitrogen and oxygen atoms in total. The molecule has 0 aliphatic carbocycles. The normalized spacial score (nSPS) is 17.2. The van der Waals surface area contributed by atoms with Crippen molar-refractivity contribution in [2.24, 2.45) is 5.16 Å². The van der Waals surface area contributed by atoms with Gasteiger partial charge < -0.3 is 10.2 Å². The first-order valence-electron chi connectivity index (χ1n) is 7.86. The molecule has 1 unspecified atom stereocenters. The average Bonchev–Trinajstić information content (AvgIpc) is 3.08. The molecule has 0 fully saturated rings. The molecular weight excluding hydrogens is 465 g/mol. The van der Waals surface area contributed by atoms with Crippen molar-refractivity contribution < 1.29 is 26.4 Å². The van der Waals surface area contributed by atoms with E-state index in [2.05, 4.69) is 36.1 Å². The summed E-state index contributed by atoms with van der Waals surface area (Å²) < 4.78 is 65.0. The van der Waals surface area contributed by atoms with Crippen molar-refractivity contribution in [2.45, 2.75) is 23.6 Å². The first-order valence-corrected chi connectivity index (χ1v) is 10.1. The molecule has 0 saturated carbocycles. The van der Waals surface area contributed by atoms with Gasteiger partial charge in [0.1, 0.15) is 10.4 Å². The van der Waals surface area contributed by atoms with Gasteiger partial charge in [0.2, 0.25) is 10.0 Å². The lowest BCUT2D eigenvalue weighted by molar-refractivity contribution is -0.137. The van der Waals surface area contributed by atoms with Gasteiger partial charge in [-0.15, -0.1) is 0 Å².